The molecular weight excluding hydrogens is 314 g/mol. The van der Waals surface area contributed by atoms with Crippen LogP contribution in [0.15, 0.2) is 18.2 Å². The first kappa shape index (κ1) is 18.9. The summed E-state index contributed by atoms with van der Waals surface area (Å²) in [5.74, 6) is 2.79. The van der Waals surface area contributed by atoms with Gasteiger partial charge < -0.3 is 0 Å². The van der Waals surface area contributed by atoms with Gasteiger partial charge in [-0.25, -0.2) is 8.78 Å². The van der Waals surface area contributed by atoms with Crippen molar-refractivity contribution in [3.05, 3.63) is 35.4 Å². The first-order valence-corrected chi connectivity index (χ1v) is 10.6. The zero-order chi connectivity index (χ0) is 17.6. The number of halogens is 2. The van der Waals surface area contributed by atoms with Gasteiger partial charge in [0, 0.05) is 6.07 Å². The summed E-state index contributed by atoms with van der Waals surface area (Å²) in [4.78, 5) is 0. The Labute approximate surface area is 152 Å². The average Bonchev–Trinajstić information content (AvgIpc) is 2.61. The van der Waals surface area contributed by atoms with Crippen LogP contribution in [0, 0.1) is 35.3 Å². The Hall–Kier alpha value is -0.920. The predicted molar refractivity (Wildman–Crippen MR) is 100 cm³/mol. The highest BCUT2D eigenvalue weighted by Crippen LogP contribution is 2.42. The molecule has 3 rings (SSSR count). The first-order chi connectivity index (χ1) is 12.1. The van der Waals surface area contributed by atoms with Crippen molar-refractivity contribution in [2.75, 3.05) is 0 Å². The molecule has 1 aromatic carbocycles. The fraction of sp³-hybridized carbons (Fsp3) is 0.739. The van der Waals surface area contributed by atoms with Crippen molar-refractivity contribution in [3.8, 4) is 0 Å². The van der Waals surface area contributed by atoms with Gasteiger partial charge in [0.15, 0.2) is 0 Å². The van der Waals surface area contributed by atoms with Crippen molar-refractivity contribution in [1.29, 1.82) is 0 Å². The topological polar surface area (TPSA) is 0 Å². The van der Waals surface area contributed by atoms with E-state index in [9.17, 15) is 8.78 Å². The van der Waals surface area contributed by atoms with E-state index in [1.165, 1.54) is 76.3 Å². The molecule has 0 saturated heterocycles. The van der Waals surface area contributed by atoms with E-state index in [2.05, 4.69) is 6.92 Å². The normalized spacial score (nSPS) is 30.4. The fourth-order valence-corrected chi connectivity index (χ4v) is 5.43. The van der Waals surface area contributed by atoms with Crippen molar-refractivity contribution >= 4 is 0 Å². The summed E-state index contributed by atoms with van der Waals surface area (Å²) in [6.45, 7) is 2.31. The highest BCUT2D eigenvalue weighted by atomic mass is 19.1. The highest BCUT2D eigenvalue weighted by molar-refractivity contribution is 5.18. The summed E-state index contributed by atoms with van der Waals surface area (Å²) < 4.78 is 26.6. The molecule has 2 heteroatoms. The molecule has 0 bridgehead atoms. The lowest BCUT2D eigenvalue weighted by Gasteiger charge is -2.38. The van der Waals surface area contributed by atoms with E-state index < -0.39 is 11.6 Å². The molecule has 0 radical (unpaired) electrons. The van der Waals surface area contributed by atoms with Gasteiger partial charge in [-0.15, -0.1) is 0 Å². The van der Waals surface area contributed by atoms with Gasteiger partial charge in [0.25, 0.3) is 0 Å². The molecule has 2 saturated carbocycles. The molecule has 1 aromatic rings. The minimum Gasteiger partial charge on any atom is -0.207 e. The lowest BCUT2D eigenvalue weighted by Crippen LogP contribution is -2.26. The monoisotopic (exact) mass is 348 g/mol. The smallest absolute Gasteiger partial charge is 0.126 e. The fourth-order valence-electron chi connectivity index (χ4n) is 5.43. The number of benzene rings is 1. The van der Waals surface area contributed by atoms with Crippen LogP contribution < -0.4 is 0 Å². The van der Waals surface area contributed by atoms with Crippen molar-refractivity contribution in [1.82, 2.24) is 0 Å². The van der Waals surface area contributed by atoms with Gasteiger partial charge in [-0.1, -0.05) is 45.4 Å². The van der Waals surface area contributed by atoms with E-state index in [1.54, 1.807) is 0 Å². The van der Waals surface area contributed by atoms with Crippen LogP contribution in [0.2, 0.25) is 0 Å². The SMILES string of the molecule is CCC[C@H]1CC[C@H](C2CCC(CCc3cc(F)cc(F)c3)CC2)CC1. The maximum absolute atomic E-state index is 13.3. The molecule has 0 N–H and O–H groups in total. The van der Waals surface area contributed by atoms with Crippen LogP contribution in [0.4, 0.5) is 8.78 Å². The van der Waals surface area contributed by atoms with Crippen LogP contribution in [0.1, 0.15) is 83.1 Å². The number of aryl methyl sites for hydroxylation is 1. The molecule has 0 nitrogen and oxygen atoms in total. The molecule has 2 fully saturated rings. The van der Waals surface area contributed by atoms with Crippen LogP contribution in [0.25, 0.3) is 0 Å². The summed E-state index contributed by atoms with van der Waals surface area (Å²) in [5, 5.41) is 0. The zero-order valence-corrected chi connectivity index (χ0v) is 15.8. The standard InChI is InChI=1S/C23H34F2/c1-2-3-17-6-10-20(11-7-17)21-12-8-18(9-13-21)4-5-19-14-22(24)16-23(25)15-19/h14-18,20-21H,2-13H2,1H3/t17-,18?,20-,21?. The molecule has 0 atom stereocenters. The summed E-state index contributed by atoms with van der Waals surface area (Å²) >= 11 is 0. The molecule has 2 aliphatic carbocycles. The number of hydrogen-bond acceptors (Lipinski definition) is 0. The molecule has 25 heavy (non-hydrogen) atoms. The molecular formula is C23H34F2. The average molecular weight is 349 g/mol. The van der Waals surface area contributed by atoms with Crippen LogP contribution in [-0.4, -0.2) is 0 Å². The van der Waals surface area contributed by atoms with Crippen LogP contribution in [0.3, 0.4) is 0 Å². The van der Waals surface area contributed by atoms with Crippen molar-refractivity contribution in [2.24, 2.45) is 23.7 Å². The van der Waals surface area contributed by atoms with E-state index in [1.807, 2.05) is 0 Å². The summed E-state index contributed by atoms with van der Waals surface area (Å²) in [5.41, 5.74) is 0.814. The molecule has 0 amide bonds. The van der Waals surface area contributed by atoms with Crippen LogP contribution >= 0.6 is 0 Å². The molecule has 0 unspecified atom stereocenters. The Balaban J connectivity index is 1.39. The Morgan fingerprint density at radius 3 is 1.68 bits per heavy atom. The zero-order valence-electron chi connectivity index (χ0n) is 15.8. The van der Waals surface area contributed by atoms with Gasteiger partial charge in [0.1, 0.15) is 11.6 Å². The Bertz CT molecular complexity index is 503. The first-order valence-electron chi connectivity index (χ1n) is 10.6. The second-order valence-corrected chi connectivity index (χ2v) is 8.67. The van der Waals surface area contributed by atoms with Crippen LogP contribution in [0.5, 0.6) is 0 Å². The van der Waals surface area contributed by atoms with Crippen molar-refractivity contribution < 1.29 is 8.78 Å². The third-order valence-electron chi connectivity index (χ3n) is 6.91. The third kappa shape index (κ3) is 5.53. The van der Waals surface area contributed by atoms with E-state index in [0.29, 0.717) is 0 Å². The summed E-state index contributed by atoms with van der Waals surface area (Å²) in [7, 11) is 0. The van der Waals surface area contributed by atoms with Gasteiger partial charge in [-0.05, 0) is 79.9 Å². The maximum atomic E-state index is 13.3. The Kier molecular flexibility index (Phi) is 6.90. The molecule has 2 aliphatic rings. The third-order valence-corrected chi connectivity index (χ3v) is 6.91. The van der Waals surface area contributed by atoms with Gasteiger partial charge in [0.2, 0.25) is 0 Å². The number of hydrogen-bond donors (Lipinski definition) is 0. The van der Waals surface area contributed by atoms with E-state index in [4.69, 9.17) is 0 Å². The molecule has 0 aliphatic heterocycles. The molecule has 0 heterocycles. The molecule has 0 aromatic heterocycles. The lowest BCUT2D eigenvalue weighted by molar-refractivity contribution is 0.141. The van der Waals surface area contributed by atoms with Crippen LogP contribution in [-0.2, 0) is 6.42 Å². The van der Waals surface area contributed by atoms with Crippen molar-refractivity contribution in [3.63, 3.8) is 0 Å². The minimum atomic E-state index is -0.447. The highest BCUT2D eigenvalue weighted by Gasteiger charge is 2.30. The molecule has 0 spiro atoms. The van der Waals surface area contributed by atoms with Gasteiger partial charge in [0.05, 0.1) is 0 Å². The van der Waals surface area contributed by atoms with E-state index in [-0.39, 0.29) is 0 Å². The predicted octanol–water partition coefficient (Wildman–Crippen LogP) is 7.31. The van der Waals surface area contributed by atoms with Gasteiger partial charge in [-0.2, -0.15) is 0 Å². The molecule has 140 valence electrons. The maximum Gasteiger partial charge on any atom is 0.126 e. The summed E-state index contributed by atoms with van der Waals surface area (Å²) in [6, 6.07) is 3.94. The Morgan fingerprint density at radius 2 is 1.20 bits per heavy atom. The second-order valence-electron chi connectivity index (χ2n) is 8.67. The lowest BCUT2D eigenvalue weighted by atomic mass is 9.68. The second kappa shape index (κ2) is 9.14. The van der Waals surface area contributed by atoms with Gasteiger partial charge >= 0.3 is 0 Å². The Morgan fingerprint density at radius 1 is 0.720 bits per heavy atom. The quantitative estimate of drug-likeness (QED) is 0.505. The summed E-state index contributed by atoms with van der Waals surface area (Å²) in [6.07, 6.45) is 15.9. The minimum absolute atomic E-state index is 0.447. The number of rotatable bonds is 6. The van der Waals surface area contributed by atoms with E-state index >= 15 is 0 Å². The largest absolute Gasteiger partial charge is 0.207 e. The van der Waals surface area contributed by atoms with Gasteiger partial charge in [-0.3, -0.25) is 0 Å². The van der Waals surface area contributed by atoms with E-state index in [0.717, 1.165) is 48.1 Å². The van der Waals surface area contributed by atoms with Crippen molar-refractivity contribution in [2.45, 2.75) is 84.0 Å².